The van der Waals surface area contributed by atoms with Crippen LogP contribution in [-0.2, 0) is 11.8 Å². The second-order valence-electron chi connectivity index (χ2n) is 6.25. The minimum absolute atomic E-state index is 0.0135. The van der Waals surface area contributed by atoms with Crippen LogP contribution in [0.4, 0.5) is 0 Å². The molecule has 8 heteroatoms. The summed E-state index contributed by atoms with van der Waals surface area (Å²) in [5.74, 6) is -1.12. The van der Waals surface area contributed by atoms with E-state index in [-0.39, 0.29) is 18.4 Å². The molecule has 0 fully saturated rings. The number of carboxylic acids is 1. The van der Waals surface area contributed by atoms with E-state index >= 15 is 0 Å². The highest BCUT2D eigenvalue weighted by Crippen LogP contribution is 2.29. The van der Waals surface area contributed by atoms with Gasteiger partial charge < -0.3 is 10.4 Å². The fourth-order valence-electron chi connectivity index (χ4n) is 2.89. The van der Waals surface area contributed by atoms with Crippen molar-refractivity contribution in [1.82, 2.24) is 20.1 Å². The molecule has 7 nitrogen and oxygen atoms in total. The Morgan fingerprint density at radius 2 is 2.19 bits per heavy atom. The molecule has 3 aromatic heterocycles. The van der Waals surface area contributed by atoms with Crippen LogP contribution < -0.4 is 5.32 Å². The van der Waals surface area contributed by atoms with Gasteiger partial charge in [0.15, 0.2) is 5.65 Å². The van der Waals surface area contributed by atoms with Crippen molar-refractivity contribution < 1.29 is 14.7 Å². The number of nitrogens with one attached hydrogen (secondary N) is 1. The summed E-state index contributed by atoms with van der Waals surface area (Å²) in [6.07, 6.45) is 0.388. The van der Waals surface area contributed by atoms with E-state index in [1.807, 2.05) is 24.4 Å². The SMILES string of the molecule is Cc1nn(C)c2nc(-c3cccs3)cc(C(=O)NC(C)CCC(=O)O)c12. The molecule has 0 saturated heterocycles. The molecule has 1 unspecified atom stereocenters. The maximum atomic E-state index is 12.9. The third-order valence-electron chi connectivity index (χ3n) is 4.16. The Labute approximate surface area is 154 Å². The maximum Gasteiger partial charge on any atom is 0.303 e. The van der Waals surface area contributed by atoms with Crippen LogP contribution in [0.1, 0.15) is 35.8 Å². The van der Waals surface area contributed by atoms with Crippen LogP contribution in [-0.4, -0.2) is 37.8 Å². The molecule has 0 aliphatic rings. The van der Waals surface area contributed by atoms with Gasteiger partial charge in [-0.25, -0.2) is 4.98 Å². The minimum atomic E-state index is -0.875. The first-order valence-electron chi connectivity index (χ1n) is 8.27. The van der Waals surface area contributed by atoms with Gasteiger partial charge in [-0.2, -0.15) is 5.10 Å². The third kappa shape index (κ3) is 3.60. The molecular weight excluding hydrogens is 352 g/mol. The number of hydrogen-bond acceptors (Lipinski definition) is 5. The first kappa shape index (κ1) is 18.1. The number of nitrogens with zero attached hydrogens (tertiary/aromatic N) is 3. The summed E-state index contributed by atoms with van der Waals surface area (Å²) in [6, 6.07) is 5.43. The first-order chi connectivity index (χ1) is 12.4. The zero-order chi connectivity index (χ0) is 18.8. The number of hydrogen-bond donors (Lipinski definition) is 2. The molecule has 1 atom stereocenters. The van der Waals surface area contributed by atoms with Crippen molar-refractivity contribution in [3.63, 3.8) is 0 Å². The second-order valence-corrected chi connectivity index (χ2v) is 7.19. The zero-order valence-corrected chi connectivity index (χ0v) is 15.6. The predicted octanol–water partition coefficient (Wildman–Crippen LogP) is 2.99. The van der Waals surface area contributed by atoms with Crippen LogP contribution in [0.15, 0.2) is 23.6 Å². The largest absolute Gasteiger partial charge is 0.481 e. The lowest BCUT2D eigenvalue weighted by Gasteiger charge is -2.14. The smallest absolute Gasteiger partial charge is 0.303 e. The lowest BCUT2D eigenvalue weighted by molar-refractivity contribution is -0.137. The van der Waals surface area contributed by atoms with Crippen LogP contribution in [0.2, 0.25) is 0 Å². The van der Waals surface area contributed by atoms with Crippen molar-refractivity contribution in [2.75, 3.05) is 0 Å². The summed E-state index contributed by atoms with van der Waals surface area (Å²) in [5, 5.41) is 18.8. The number of carbonyl (C=O) groups is 2. The number of aliphatic carboxylic acids is 1. The van der Waals surface area contributed by atoms with E-state index in [9.17, 15) is 9.59 Å². The Bertz CT molecular complexity index is 963. The number of carbonyl (C=O) groups excluding carboxylic acids is 1. The fourth-order valence-corrected chi connectivity index (χ4v) is 3.57. The van der Waals surface area contributed by atoms with E-state index in [0.29, 0.717) is 17.6 Å². The van der Waals surface area contributed by atoms with Crippen molar-refractivity contribution in [1.29, 1.82) is 0 Å². The average Bonchev–Trinajstić information content (AvgIpc) is 3.21. The van der Waals surface area contributed by atoms with Gasteiger partial charge in [-0.15, -0.1) is 11.3 Å². The van der Waals surface area contributed by atoms with Gasteiger partial charge in [-0.3, -0.25) is 14.3 Å². The van der Waals surface area contributed by atoms with Crippen LogP contribution in [0.3, 0.4) is 0 Å². The topological polar surface area (TPSA) is 97.1 Å². The number of aryl methyl sites for hydroxylation is 2. The summed E-state index contributed by atoms with van der Waals surface area (Å²) in [6.45, 7) is 3.65. The van der Waals surface area contributed by atoms with Crippen LogP contribution in [0.5, 0.6) is 0 Å². The number of fused-ring (bicyclic) bond motifs is 1. The number of amides is 1. The number of aromatic nitrogens is 3. The van der Waals surface area contributed by atoms with E-state index in [0.717, 1.165) is 21.7 Å². The van der Waals surface area contributed by atoms with Crippen molar-refractivity contribution in [3.8, 4) is 10.6 Å². The van der Waals surface area contributed by atoms with Gasteiger partial charge in [0.1, 0.15) is 0 Å². The first-order valence-corrected chi connectivity index (χ1v) is 9.15. The van der Waals surface area contributed by atoms with Gasteiger partial charge in [0, 0.05) is 19.5 Å². The molecule has 0 spiro atoms. The lowest BCUT2D eigenvalue weighted by Crippen LogP contribution is -2.33. The summed E-state index contributed by atoms with van der Waals surface area (Å²) in [5.41, 5.74) is 2.61. The molecule has 3 aromatic rings. The third-order valence-corrected chi connectivity index (χ3v) is 5.05. The number of pyridine rings is 1. The van der Waals surface area contributed by atoms with Crippen LogP contribution in [0, 0.1) is 6.92 Å². The Kier molecular flexibility index (Phi) is 5.03. The maximum absolute atomic E-state index is 12.9. The van der Waals surface area contributed by atoms with Gasteiger partial charge in [0.05, 0.1) is 27.2 Å². The standard InChI is InChI=1S/C18H20N4O3S/c1-10(6-7-15(23)24)19-18(25)12-9-13(14-5-4-8-26-14)20-17-16(12)11(2)21-22(17)3/h4-5,8-10H,6-7H2,1-3H3,(H,19,25)(H,23,24). The monoisotopic (exact) mass is 372 g/mol. The summed E-state index contributed by atoms with van der Waals surface area (Å²) in [4.78, 5) is 29.2. The van der Waals surface area contributed by atoms with Crippen molar-refractivity contribution in [2.24, 2.45) is 7.05 Å². The van der Waals surface area contributed by atoms with Crippen molar-refractivity contribution in [2.45, 2.75) is 32.7 Å². The van der Waals surface area contributed by atoms with Gasteiger partial charge in [0.25, 0.3) is 5.91 Å². The van der Waals surface area contributed by atoms with Gasteiger partial charge in [0.2, 0.25) is 0 Å². The number of carboxylic acid groups (broad SMARTS) is 1. The molecule has 0 saturated carbocycles. The molecule has 3 heterocycles. The van der Waals surface area contributed by atoms with Crippen LogP contribution >= 0.6 is 11.3 Å². The number of thiophene rings is 1. The van der Waals surface area contributed by atoms with Crippen molar-refractivity contribution in [3.05, 3.63) is 34.8 Å². The molecule has 3 rings (SSSR count). The molecule has 0 bridgehead atoms. The van der Waals surface area contributed by atoms with E-state index in [1.54, 1.807) is 36.1 Å². The van der Waals surface area contributed by atoms with Gasteiger partial charge >= 0.3 is 5.97 Å². The normalized spacial score (nSPS) is 12.3. The Balaban J connectivity index is 2.00. The molecule has 1 amide bonds. The average molecular weight is 372 g/mol. The molecule has 2 N–H and O–H groups in total. The molecule has 26 heavy (non-hydrogen) atoms. The fraction of sp³-hybridized carbons (Fsp3) is 0.333. The van der Waals surface area contributed by atoms with E-state index in [4.69, 9.17) is 5.11 Å². The highest BCUT2D eigenvalue weighted by molar-refractivity contribution is 7.13. The molecule has 0 aliphatic carbocycles. The summed E-state index contributed by atoms with van der Waals surface area (Å²) >= 11 is 1.55. The lowest BCUT2D eigenvalue weighted by atomic mass is 10.1. The molecule has 136 valence electrons. The molecular formula is C18H20N4O3S. The highest BCUT2D eigenvalue weighted by atomic mass is 32.1. The van der Waals surface area contributed by atoms with E-state index < -0.39 is 5.97 Å². The Hall–Kier alpha value is -2.74. The minimum Gasteiger partial charge on any atom is -0.481 e. The zero-order valence-electron chi connectivity index (χ0n) is 14.8. The predicted molar refractivity (Wildman–Crippen MR) is 100 cm³/mol. The molecule has 0 aliphatic heterocycles. The number of rotatable bonds is 6. The Morgan fingerprint density at radius 3 is 2.85 bits per heavy atom. The van der Waals surface area contributed by atoms with Crippen LogP contribution in [0.25, 0.3) is 21.6 Å². The summed E-state index contributed by atoms with van der Waals surface area (Å²) in [7, 11) is 1.80. The van der Waals surface area contributed by atoms with Crippen molar-refractivity contribution >= 4 is 34.2 Å². The van der Waals surface area contributed by atoms with E-state index in [2.05, 4.69) is 15.4 Å². The Morgan fingerprint density at radius 1 is 1.42 bits per heavy atom. The van der Waals surface area contributed by atoms with E-state index in [1.165, 1.54) is 0 Å². The summed E-state index contributed by atoms with van der Waals surface area (Å²) < 4.78 is 1.67. The molecule has 0 radical (unpaired) electrons. The quantitative estimate of drug-likeness (QED) is 0.693. The van der Waals surface area contributed by atoms with Gasteiger partial charge in [-0.05, 0) is 37.8 Å². The van der Waals surface area contributed by atoms with Gasteiger partial charge in [-0.1, -0.05) is 6.07 Å². The highest BCUT2D eigenvalue weighted by Gasteiger charge is 2.20. The second kappa shape index (κ2) is 7.25. The molecule has 0 aromatic carbocycles.